The second kappa shape index (κ2) is 5.73. The lowest BCUT2D eigenvalue weighted by atomic mass is 10.2. The van der Waals surface area contributed by atoms with Crippen LogP contribution in [0.25, 0.3) is 0 Å². The third kappa shape index (κ3) is 3.37. The van der Waals surface area contributed by atoms with Crippen molar-refractivity contribution in [2.75, 3.05) is 6.54 Å². The van der Waals surface area contributed by atoms with Crippen LogP contribution in [0.1, 0.15) is 11.1 Å². The molecule has 1 aromatic heterocycles. The Balaban J connectivity index is 2.01. The number of nitrogens with zero attached hydrogens (tertiary/aromatic N) is 1. The zero-order chi connectivity index (χ0) is 11.9. The number of aromatic nitrogens is 1. The van der Waals surface area contributed by atoms with Crippen LogP contribution in [0, 0.1) is 11.8 Å². The molecule has 0 bridgehead atoms. The molecular weight excluding hydrogens is 216 g/mol. The topological polar surface area (TPSA) is 61.3 Å². The van der Waals surface area contributed by atoms with E-state index in [1.165, 1.54) is 0 Å². The number of rotatable bonds is 3. The summed E-state index contributed by atoms with van der Waals surface area (Å²) in [7, 11) is 0. The van der Waals surface area contributed by atoms with Crippen LogP contribution < -0.4 is 10.5 Å². The molecule has 17 heavy (non-hydrogen) atoms. The second-order valence-electron chi connectivity index (χ2n) is 3.36. The van der Waals surface area contributed by atoms with Crippen molar-refractivity contribution in [2.24, 2.45) is 5.73 Å². The molecule has 4 nitrogen and oxygen atoms in total. The van der Waals surface area contributed by atoms with Crippen LogP contribution in [0.3, 0.4) is 0 Å². The normalized spacial score (nSPS) is 9.47. The van der Waals surface area contributed by atoms with Gasteiger partial charge in [0.15, 0.2) is 0 Å². The van der Waals surface area contributed by atoms with Gasteiger partial charge >= 0.3 is 0 Å². The molecule has 2 rings (SSSR count). The molecule has 0 fully saturated rings. The highest BCUT2D eigenvalue weighted by atomic mass is 16.5. The van der Waals surface area contributed by atoms with Crippen molar-refractivity contribution in [1.82, 2.24) is 5.16 Å². The van der Waals surface area contributed by atoms with Gasteiger partial charge in [0.05, 0.1) is 12.7 Å². The quantitative estimate of drug-likeness (QED) is 0.810. The van der Waals surface area contributed by atoms with E-state index in [-0.39, 0.29) is 0 Å². The van der Waals surface area contributed by atoms with E-state index in [4.69, 9.17) is 15.0 Å². The number of hydrogen-bond acceptors (Lipinski definition) is 4. The van der Waals surface area contributed by atoms with Gasteiger partial charge in [-0.25, -0.2) is 0 Å². The number of hydrogen-bond donors (Lipinski definition) is 1. The zero-order valence-corrected chi connectivity index (χ0v) is 9.22. The Morgan fingerprint density at radius 2 is 2.35 bits per heavy atom. The molecule has 0 aliphatic rings. The maximum Gasteiger partial charge on any atom is 0.130 e. The van der Waals surface area contributed by atoms with E-state index in [0.29, 0.717) is 13.2 Å². The summed E-state index contributed by atoms with van der Waals surface area (Å²) in [5, 5.41) is 3.60. The highest BCUT2D eigenvalue weighted by Gasteiger charge is 1.98. The Morgan fingerprint density at radius 3 is 3.12 bits per heavy atom. The minimum absolute atomic E-state index is 0.353. The summed E-state index contributed by atoms with van der Waals surface area (Å²) < 4.78 is 10.3. The molecule has 0 saturated carbocycles. The van der Waals surface area contributed by atoms with E-state index < -0.39 is 0 Å². The summed E-state index contributed by atoms with van der Waals surface area (Å²) in [6, 6.07) is 7.55. The summed E-state index contributed by atoms with van der Waals surface area (Å²) in [4.78, 5) is 0. The molecular formula is C13H12N2O2. The molecule has 2 aromatic rings. The molecule has 0 saturated heterocycles. The third-order valence-corrected chi connectivity index (χ3v) is 2.06. The van der Waals surface area contributed by atoms with Crippen LogP contribution in [-0.4, -0.2) is 11.7 Å². The van der Waals surface area contributed by atoms with Crippen molar-refractivity contribution in [2.45, 2.75) is 6.61 Å². The molecule has 0 unspecified atom stereocenters. The lowest BCUT2D eigenvalue weighted by Crippen LogP contribution is -1.94. The van der Waals surface area contributed by atoms with Gasteiger partial charge in [0.25, 0.3) is 0 Å². The van der Waals surface area contributed by atoms with Crippen LogP contribution in [0.5, 0.6) is 5.75 Å². The molecule has 86 valence electrons. The SMILES string of the molecule is NCC#Cc1cccc(OCc2cnoc2)c1. The minimum atomic E-state index is 0.353. The fourth-order valence-corrected chi connectivity index (χ4v) is 1.28. The van der Waals surface area contributed by atoms with Gasteiger partial charge in [0.2, 0.25) is 0 Å². The molecule has 2 N–H and O–H groups in total. The fraction of sp³-hybridized carbons (Fsp3) is 0.154. The molecule has 0 aliphatic carbocycles. The summed E-state index contributed by atoms with van der Waals surface area (Å²) in [6.07, 6.45) is 3.18. The van der Waals surface area contributed by atoms with Crippen molar-refractivity contribution >= 4 is 0 Å². The third-order valence-electron chi connectivity index (χ3n) is 2.06. The first-order valence-electron chi connectivity index (χ1n) is 5.18. The van der Waals surface area contributed by atoms with Crippen molar-refractivity contribution < 1.29 is 9.26 Å². The second-order valence-corrected chi connectivity index (χ2v) is 3.36. The molecule has 0 radical (unpaired) electrons. The van der Waals surface area contributed by atoms with Crippen LogP contribution in [-0.2, 0) is 6.61 Å². The Morgan fingerprint density at radius 1 is 1.41 bits per heavy atom. The van der Waals surface area contributed by atoms with Crippen molar-refractivity contribution in [3.63, 3.8) is 0 Å². The summed E-state index contributed by atoms with van der Waals surface area (Å²) in [5.74, 6) is 6.51. The smallest absolute Gasteiger partial charge is 0.130 e. The molecule has 1 aromatic carbocycles. The van der Waals surface area contributed by atoms with E-state index in [1.54, 1.807) is 12.5 Å². The lowest BCUT2D eigenvalue weighted by molar-refractivity contribution is 0.304. The van der Waals surface area contributed by atoms with Gasteiger partial charge < -0.3 is 15.0 Å². The van der Waals surface area contributed by atoms with E-state index in [1.807, 2.05) is 24.3 Å². The molecule has 0 aliphatic heterocycles. The number of ether oxygens (including phenoxy) is 1. The lowest BCUT2D eigenvalue weighted by Gasteiger charge is -2.03. The zero-order valence-electron chi connectivity index (χ0n) is 9.22. The van der Waals surface area contributed by atoms with Crippen LogP contribution >= 0.6 is 0 Å². The Hall–Kier alpha value is -2.25. The molecule has 0 atom stereocenters. The average Bonchev–Trinajstić information content (AvgIpc) is 2.87. The summed E-state index contributed by atoms with van der Waals surface area (Å²) in [6.45, 7) is 0.781. The van der Waals surface area contributed by atoms with Gasteiger partial charge in [-0.1, -0.05) is 23.1 Å². The van der Waals surface area contributed by atoms with E-state index in [2.05, 4.69) is 17.0 Å². The highest BCUT2D eigenvalue weighted by Crippen LogP contribution is 2.14. The van der Waals surface area contributed by atoms with Gasteiger partial charge in [0.1, 0.15) is 18.6 Å². The van der Waals surface area contributed by atoms with E-state index >= 15 is 0 Å². The Bertz CT molecular complexity index is 524. The fourth-order valence-electron chi connectivity index (χ4n) is 1.28. The maximum absolute atomic E-state index is 5.57. The van der Waals surface area contributed by atoms with Crippen LogP contribution in [0.2, 0.25) is 0 Å². The maximum atomic E-state index is 5.57. The molecule has 1 heterocycles. The monoisotopic (exact) mass is 228 g/mol. The van der Waals surface area contributed by atoms with E-state index in [0.717, 1.165) is 16.9 Å². The van der Waals surface area contributed by atoms with Crippen LogP contribution in [0.4, 0.5) is 0 Å². The Kier molecular flexibility index (Phi) is 3.79. The van der Waals surface area contributed by atoms with Crippen molar-refractivity contribution in [3.8, 4) is 17.6 Å². The predicted molar refractivity (Wildman–Crippen MR) is 63.2 cm³/mol. The van der Waals surface area contributed by atoms with Crippen molar-refractivity contribution in [1.29, 1.82) is 0 Å². The Labute approximate surface area is 99.4 Å². The molecule has 0 amide bonds. The summed E-state index contributed by atoms with van der Waals surface area (Å²) in [5.41, 5.74) is 7.09. The number of nitrogens with two attached hydrogens (primary N) is 1. The first-order chi connectivity index (χ1) is 8.38. The first-order valence-corrected chi connectivity index (χ1v) is 5.18. The molecule has 4 heteroatoms. The first kappa shape index (κ1) is 11.2. The van der Waals surface area contributed by atoms with Gasteiger partial charge in [-0.05, 0) is 18.2 Å². The predicted octanol–water partition coefficient (Wildman–Crippen LogP) is 1.56. The molecule has 0 spiro atoms. The van der Waals surface area contributed by atoms with Crippen LogP contribution in [0.15, 0.2) is 41.2 Å². The van der Waals surface area contributed by atoms with Crippen molar-refractivity contribution in [3.05, 3.63) is 47.9 Å². The largest absolute Gasteiger partial charge is 0.489 e. The minimum Gasteiger partial charge on any atom is -0.489 e. The number of benzene rings is 1. The highest BCUT2D eigenvalue weighted by molar-refractivity contribution is 5.39. The standard InChI is InChI=1S/C13H12N2O2/c14-6-2-4-11-3-1-5-13(7-11)16-9-12-8-15-17-10-12/h1,3,5,7-8,10H,6,9,14H2. The van der Waals surface area contributed by atoms with E-state index in [9.17, 15) is 0 Å². The summed E-state index contributed by atoms with van der Waals surface area (Å²) >= 11 is 0. The van der Waals surface area contributed by atoms with Gasteiger partial charge in [0, 0.05) is 11.1 Å². The van der Waals surface area contributed by atoms with Gasteiger partial charge in [-0.15, -0.1) is 0 Å². The van der Waals surface area contributed by atoms with Gasteiger partial charge in [-0.3, -0.25) is 0 Å². The average molecular weight is 228 g/mol. The van der Waals surface area contributed by atoms with Gasteiger partial charge in [-0.2, -0.15) is 0 Å².